The third-order valence-corrected chi connectivity index (χ3v) is 2.90. The molecule has 1 rings (SSSR count). The Morgan fingerprint density at radius 3 is 2.61 bits per heavy atom. The Balaban J connectivity index is 2.65. The lowest BCUT2D eigenvalue weighted by atomic mass is 10.2. The molecule has 0 bridgehead atoms. The number of benzene rings is 1. The van der Waals surface area contributed by atoms with E-state index >= 15 is 0 Å². The number of primary amides is 1. The number of unbranched alkanes of at least 4 members (excludes halogenated alkanes) is 1. The van der Waals surface area contributed by atoms with E-state index in [1.807, 2.05) is 0 Å². The molecule has 18 heavy (non-hydrogen) atoms. The summed E-state index contributed by atoms with van der Waals surface area (Å²) >= 11 is 11.3. The smallest absolute Gasteiger partial charge is 0.250 e. The summed E-state index contributed by atoms with van der Waals surface area (Å²) in [6.07, 6.45) is 1.91. The molecule has 1 aromatic rings. The molecule has 0 atom stereocenters. The molecule has 0 aromatic heterocycles. The van der Waals surface area contributed by atoms with Crippen LogP contribution in [-0.2, 0) is 4.79 Å². The first kappa shape index (κ1) is 14.8. The minimum Gasteiger partial charge on any atom is -0.366 e. The molecule has 3 N–H and O–H groups in total. The van der Waals surface area contributed by atoms with Crippen molar-refractivity contribution in [3.8, 4) is 0 Å². The van der Waals surface area contributed by atoms with Gasteiger partial charge in [-0.15, -0.1) is 11.6 Å². The molecule has 0 aliphatic heterocycles. The molecule has 0 saturated carbocycles. The molecular formula is C12H14Cl2N2O2. The van der Waals surface area contributed by atoms with E-state index in [9.17, 15) is 9.59 Å². The summed E-state index contributed by atoms with van der Waals surface area (Å²) in [5.74, 6) is -0.212. The maximum Gasteiger partial charge on any atom is 0.250 e. The number of carbonyl (C=O) groups is 2. The lowest BCUT2D eigenvalue weighted by Crippen LogP contribution is -2.14. The molecule has 0 saturated heterocycles. The summed E-state index contributed by atoms with van der Waals surface area (Å²) in [6.45, 7) is 0. The molecule has 0 aliphatic rings. The first-order valence-corrected chi connectivity index (χ1v) is 6.41. The fraction of sp³-hybridized carbons (Fsp3) is 0.333. The molecule has 4 nitrogen and oxygen atoms in total. The van der Waals surface area contributed by atoms with Crippen molar-refractivity contribution in [1.82, 2.24) is 0 Å². The van der Waals surface area contributed by atoms with Crippen LogP contribution in [0.3, 0.4) is 0 Å². The van der Waals surface area contributed by atoms with E-state index in [1.54, 1.807) is 6.07 Å². The van der Waals surface area contributed by atoms with Gasteiger partial charge in [-0.3, -0.25) is 9.59 Å². The van der Waals surface area contributed by atoms with E-state index in [0.29, 0.717) is 18.0 Å². The highest BCUT2D eigenvalue weighted by molar-refractivity contribution is 6.34. The highest BCUT2D eigenvalue weighted by Crippen LogP contribution is 2.20. The monoisotopic (exact) mass is 288 g/mol. The average Bonchev–Trinajstić information content (AvgIpc) is 2.31. The molecular weight excluding hydrogens is 275 g/mol. The second-order valence-corrected chi connectivity index (χ2v) is 4.54. The van der Waals surface area contributed by atoms with Crippen molar-refractivity contribution in [3.05, 3.63) is 28.8 Å². The molecule has 0 unspecified atom stereocenters. The minimum atomic E-state index is -0.627. The quantitative estimate of drug-likeness (QED) is 0.624. The van der Waals surface area contributed by atoms with Crippen LogP contribution in [-0.4, -0.2) is 17.7 Å². The van der Waals surface area contributed by atoms with Gasteiger partial charge in [0, 0.05) is 18.0 Å². The number of nitrogens with two attached hydrogens (primary N) is 1. The molecule has 98 valence electrons. The van der Waals surface area contributed by atoms with Crippen molar-refractivity contribution in [2.24, 2.45) is 5.73 Å². The fourth-order valence-electron chi connectivity index (χ4n) is 1.40. The Hall–Kier alpha value is -1.26. The second kappa shape index (κ2) is 7.24. The van der Waals surface area contributed by atoms with Gasteiger partial charge >= 0.3 is 0 Å². The Kier molecular flexibility index (Phi) is 5.95. The molecule has 0 heterocycles. The maximum atomic E-state index is 11.6. The molecule has 0 fully saturated rings. The van der Waals surface area contributed by atoms with E-state index in [0.717, 1.165) is 12.8 Å². The van der Waals surface area contributed by atoms with Crippen LogP contribution in [0.2, 0.25) is 5.02 Å². The minimum absolute atomic E-state index is 0.127. The van der Waals surface area contributed by atoms with Gasteiger partial charge in [-0.25, -0.2) is 0 Å². The average molecular weight is 289 g/mol. The Labute approximate surface area is 115 Å². The van der Waals surface area contributed by atoms with Crippen LogP contribution in [0, 0.1) is 0 Å². The van der Waals surface area contributed by atoms with Gasteiger partial charge in [0.15, 0.2) is 0 Å². The zero-order valence-corrected chi connectivity index (χ0v) is 11.2. The van der Waals surface area contributed by atoms with Gasteiger partial charge in [-0.05, 0) is 31.0 Å². The van der Waals surface area contributed by atoms with Crippen LogP contribution >= 0.6 is 23.2 Å². The van der Waals surface area contributed by atoms with Gasteiger partial charge < -0.3 is 11.1 Å². The largest absolute Gasteiger partial charge is 0.366 e. The van der Waals surface area contributed by atoms with Crippen molar-refractivity contribution in [2.45, 2.75) is 19.3 Å². The number of rotatable bonds is 6. The number of nitrogens with one attached hydrogen (secondary N) is 1. The van der Waals surface area contributed by atoms with Crippen LogP contribution in [0.15, 0.2) is 18.2 Å². The number of hydrogen-bond donors (Lipinski definition) is 2. The zero-order valence-electron chi connectivity index (χ0n) is 9.71. The summed E-state index contributed by atoms with van der Waals surface area (Å²) in [6, 6.07) is 4.61. The molecule has 1 aromatic carbocycles. The van der Waals surface area contributed by atoms with Crippen molar-refractivity contribution < 1.29 is 9.59 Å². The van der Waals surface area contributed by atoms with E-state index in [2.05, 4.69) is 5.32 Å². The van der Waals surface area contributed by atoms with Gasteiger partial charge in [0.25, 0.3) is 0 Å². The normalized spacial score (nSPS) is 10.1. The highest BCUT2D eigenvalue weighted by Gasteiger charge is 2.09. The van der Waals surface area contributed by atoms with E-state index < -0.39 is 5.91 Å². The Bertz CT molecular complexity index is 450. The van der Waals surface area contributed by atoms with Gasteiger partial charge in [0.2, 0.25) is 11.8 Å². The molecule has 0 spiro atoms. The van der Waals surface area contributed by atoms with E-state index in [1.165, 1.54) is 12.1 Å². The van der Waals surface area contributed by atoms with E-state index in [-0.39, 0.29) is 16.5 Å². The van der Waals surface area contributed by atoms with Crippen LogP contribution in [0.1, 0.15) is 29.6 Å². The van der Waals surface area contributed by atoms with Gasteiger partial charge in [-0.2, -0.15) is 0 Å². The number of amides is 2. The summed E-state index contributed by atoms with van der Waals surface area (Å²) in [5.41, 5.74) is 5.86. The van der Waals surface area contributed by atoms with Gasteiger partial charge in [-0.1, -0.05) is 11.6 Å². The first-order valence-electron chi connectivity index (χ1n) is 5.49. The number of halogens is 2. The number of anilines is 1. The van der Waals surface area contributed by atoms with Crippen LogP contribution in [0.4, 0.5) is 5.69 Å². The molecule has 6 heteroatoms. The van der Waals surface area contributed by atoms with Crippen LogP contribution in [0.25, 0.3) is 0 Å². The predicted molar refractivity (Wildman–Crippen MR) is 73.2 cm³/mol. The van der Waals surface area contributed by atoms with Crippen LogP contribution in [0.5, 0.6) is 0 Å². The number of carbonyl (C=O) groups excluding carboxylic acids is 2. The van der Waals surface area contributed by atoms with Crippen molar-refractivity contribution in [3.63, 3.8) is 0 Å². The van der Waals surface area contributed by atoms with Crippen molar-refractivity contribution in [1.29, 1.82) is 0 Å². The van der Waals surface area contributed by atoms with Gasteiger partial charge in [0.1, 0.15) is 0 Å². The SMILES string of the molecule is NC(=O)c1cc(NC(=O)CCCCCl)ccc1Cl. The topological polar surface area (TPSA) is 72.2 Å². The lowest BCUT2D eigenvalue weighted by Gasteiger charge is -2.07. The summed E-state index contributed by atoms with van der Waals surface area (Å²) in [5, 5.41) is 2.94. The Morgan fingerprint density at radius 1 is 1.28 bits per heavy atom. The maximum absolute atomic E-state index is 11.6. The third-order valence-electron chi connectivity index (χ3n) is 2.30. The zero-order chi connectivity index (χ0) is 13.5. The first-order chi connectivity index (χ1) is 8.54. The Morgan fingerprint density at radius 2 is 2.00 bits per heavy atom. The summed E-state index contributed by atoms with van der Waals surface area (Å²) in [7, 11) is 0. The van der Waals surface area contributed by atoms with E-state index in [4.69, 9.17) is 28.9 Å². The molecule has 0 radical (unpaired) electrons. The molecule has 2 amide bonds. The molecule has 0 aliphatic carbocycles. The van der Waals surface area contributed by atoms with Crippen molar-refractivity contribution in [2.75, 3.05) is 11.2 Å². The fourth-order valence-corrected chi connectivity index (χ4v) is 1.80. The standard InChI is InChI=1S/C12H14Cl2N2O2/c13-6-2-1-3-11(17)16-8-4-5-10(14)9(7-8)12(15)18/h4-5,7H,1-3,6H2,(H2,15,18)(H,16,17). The number of alkyl halides is 1. The van der Waals surface area contributed by atoms with Crippen molar-refractivity contribution >= 4 is 40.7 Å². The van der Waals surface area contributed by atoms with Gasteiger partial charge in [0.05, 0.1) is 10.6 Å². The highest BCUT2D eigenvalue weighted by atomic mass is 35.5. The van der Waals surface area contributed by atoms with Crippen LogP contribution < -0.4 is 11.1 Å². The second-order valence-electron chi connectivity index (χ2n) is 3.75. The summed E-state index contributed by atoms with van der Waals surface area (Å²) in [4.78, 5) is 22.6. The summed E-state index contributed by atoms with van der Waals surface area (Å²) < 4.78 is 0. The number of hydrogen-bond acceptors (Lipinski definition) is 2. The third kappa shape index (κ3) is 4.55. The predicted octanol–water partition coefficient (Wildman–Crippen LogP) is 2.79. The lowest BCUT2D eigenvalue weighted by molar-refractivity contribution is -0.116.